The molecule has 1 N–H and O–H groups in total. The van der Waals surface area contributed by atoms with E-state index in [0.29, 0.717) is 0 Å². The Kier molecular flexibility index (Phi) is 6.02. The van der Waals surface area contributed by atoms with Gasteiger partial charge in [-0.2, -0.15) is 0 Å². The molecular weight excluding hydrogens is 234 g/mol. The highest BCUT2D eigenvalue weighted by molar-refractivity contribution is 5.21. The molecule has 1 aromatic heterocycles. The molecule has 1 heterocycles. The maximum atomic E-state index is 4.45. The molecule has 104 valence electrons. The smallest absolute Gasteiger partial charge is 0.115 e. The van der Waals surface area contributed by atoms with E-state index in [0.717, 1.165) is 18.7 Å². The van der Waals surface area contributed by atoms with Gasteiger partial charge in [-0.3, -0.25) is 0 Å². The summed E-state index contributed by atoms with van der Waals surface area (Å²) in [6, 6.07) is 2.31. The van der Waals surface area contributed by atoms with Gasteiger partial charge in [-0.1, -0.05) is 31.4 Å². The molecule has 19 heavy (non-hydrogen) atoms. The van der Waals surface area contributed by atoms with Crippen molar-refractivity contribution in [2.45, 2.75) is 57.9 Å². The van der Waals surface area contributed by atoms with E-state index < -0.39 is 0 Å². The van der Waals surface area contributed by atoms with Crippen molar-refractivity contribution in [3.63, 3.8) is 0 Å². The molecule has 1 aromatic rings. The highest BCUT2D eigenvalue weighted by Gasteiger charge is 2.17. The van der Waals surface area contributed by atoms with Gasteiger partial charge in [0.15, 0.2) is 0 Å². The first-order chi connectivity index (χ1) is 9.42. The van der Waals surface area contributed by atoms with Crippen molar-refractivity contribution in [2.75, 3.05) is 6.54 Å². The van der Waals surface area contributed by atoms with Crippen molar-refractivity contribution >= 4 is 0 Å². The Balaban J connectivity index is 2.15. The lowest BCUT2D eigenvalue weighted by Crippen LogP contribution is -2.25. The lowest BCUT2D eigenvalue weighted by atomic mass is 9.93. The molecule has 0 bridgehead atoms. The average Bonchev–Trinajstić information content (AvgIpc) is 2.42. The first kappa shape index (κ1) is 14.2. The molecule has 0 saturated heterocycles. The molecule has 2 rings (SSSR count). The molecule has 1 unspecified atom stereocenters. The third kappa shape index (κ3) is 4.43. The minimum Gasteiger partial charge on any atom is -0.305 e. The van der Waals surface area contributed by atoms with E-state index in [1.54, 1.807) is 6.33 Å². The molecule has 1 atom stereocenters. The Bertz CT molecular complexity index is 386. The molecule has 0 spiro atoms. The first-order valence-electron chi connectivity index (χ1n) is 7.60. The van der Waals surface area contributed by atoms with Gasteiger partial charge in [-0.25, -0.2) is 9.97 Å². The lowest BCUT2D eigenvalue weighted by Gasteiger charge is -2.23. The van der Waals surface area contributed by atoms with Crippen molar-refractivity contribution in [2.24, 2.45) is 0 Å². The summed E-state index contributed by atoms with van der Waals surface area (Å²) in [6.45, 7) is 3.24. The van der Waals surface area contributed by atoms with Crippen LogP contribution in [0.2, 0.25) is 0 Å². The zero-order valence-corrected chi connectivity index (χ0v) is 11.9. The van der Waals surface area contributed by atoms with E-state index in [9.17, 15) is 0 Å². The Morgan fingerprint density at radius 3 is 2.95 bits per heavy atom. The normalized spacial score (nSPS) is 21.0. The number of allylic oxidation sites excluding steroid dienone is 1. The topological polar surface area (TPSA) is 37.8 Å². The quantitative estimate of drug-likeness (QED) is 0.817. The predicted octanol–water partition coefficient (Wildman–Crippen LogP) is 3.80. The number of aromatic nitrogens is 2. The van der Waals surface area contributed by atoms with Crippen LogP contribution in [0.3, 0.4) is 0 Å². The SMILES string of the molecule is CCCNC(/C1=C/CCCCCC1)c1ccncn1. The van der Waals surface area contributed by atoms with Crippen LogP contribution in [-0.4, -0.2) is 16.5 Å². The van der Waals surface area contributed by atoms with Crippen molar-refractivity contribution in [1.82, 2.24) is 15.3 Å². The highest BCUT2D eigenvalue weighted by atomic mass is 15.0. The summed E-state index contributed by atoms with van der Waals surface area (Å²) >= 11 is 0. The number of nitrogens with zero attached hydrogens (tertiary/aromatic N) is 2. The second-order valence-electron chi connectivity index (χ2n) is 5.25. The van der Waals surface area contributed by atoms with Gasteiger partial charge in [0, 0.05) is 6.20 Å². The monoisotopic (exact) mass is 259 g/mol. The molecule has 1 aliphatic carbocycles. The van der Waals surface area contributed by atoms with E-state index in [-0.39, 0.29) is 6.04 Å². The summed E-state index contributed by atoms with van der Waals surface area (Å²) in [5, 5.41) is 3.65. The Hall–Kier alpha value is -1.22. The van der Waals surface area contributed by atoms with Gasteiger partial charge in [0.25, 0.3) is 0 Å². The van der Waals surface area contributed by atoms with Gasteiger partial charge in [0.2, 0.25) is 0 Å². The van der Waals surface area contributed by atoms with Crippen LogP contribution < -0.4 is 5.32 Å². The van der Waals surface area contributed by atoms with E-state index in [1.165, 1.54) is 44.1 Å². The first-order valence-corrected chi connectivity index (χ1v) is 7.60. The van der Waals surface area contributed by atoms with E-state index >= 15 is 0 Å². The third-order valence-corrected chi connectivity index (χ3v) is 3.70. The fraction of sp³-hybridized carbons (Fsp3) is 0.625. The largest absolute Gasteiger partial charge is 0.305 e. The predicted molar refractivity (Wildman–Crippen MR) is 78.9 cm³/mol. The van der Waals surface area contributed by atoms with Crippen molar-refractivity contribution in [3.8, 4) is 0 Å². The molecule has 1 aliphatic rings. The molecule has 0 amide bonds. The zero-order chi connectivity index (χ0) is 13.3. The van der Waals surface area contributed by atoms with Crippen LogP contribution in [0.25, 0.3) is 0 Å². The second-order valence-corrected chi connectivity index (χ2v) is 5.25. The molecule has 3 heteroatoms. The number of nitrogens with one attached hydrogen (secondary N) is 1. The van der Waals surface area contributed by atoms with Gasteiger partial charge in [0.1, 0.15) is 6.33 Å². The summed E-state index contributed by atoms with van der Waals surface area (Å²) in [6.07, 6.45) is 14.9. The maximum absolute atomic E-state index is 4.45. The van der Waals surface area contributed by atoms with Crippen molar-refractivity contribution in [1.29, 1.82) is 0 Å². The lowest BCUT2D eigenvalue weighted by molar-refractivity contribution is 0.532. The molecular formula is C16H25N3. The molecule has 0 aliphatic heterocycles. The zero-order valence-electron chi connectivity index (χ0n) is 11.9. The van der Waals surface area contributed by atoms with Gasteiger partial charge in [-0.15, -0.1) is 0 Å². The van der Waals surface area contributed by atoms with Crippen LogP contribution in [0.15, 0.2) is 30.2 Å². The highest BCUT2D eigenvalue weighted by Crippen LogP contribution is 2.27. The Morgan fingerprint density at radius 2 is 2.16 bits per heavy atom. The Morgan fingerprint density at radius 1 is 1.26 bits per heavy atom. The molecule has 0 saturated carbocycles. The van der Waals surface area contributed by atoms with E-state index in [2.05, 4.69) is 28.3 Å². The summed E-state index contributed by atoms with van der Waals surface area (Å²) in [7, 11) is 0. The fourth-order valence-corrected chi connectivity index (χ4v) is 2.66. The summed E-state index contributed by atoms with van der Waals surface area (Å²) < 4.78 is 0. The van der Waals surface area contributed by atoms with Crippen LogP contribution in [0.5, 0.6) is 0 Å². The van der Waals surface area contributed by atoms with Crippen molar-refractivity contribution in [3.05, 3.63) is 35.9 Å². The Labute approximate surface area is 116 Å². The number of hydrogen-bond acceptors (Lipinski definition) is 3. The van der Waals surface area contributed by atoms with Crippen LogP contribution in [0.4, 0.5) is 0 Å². The van der Waals surface area contributed by atoms with Crippen LogP contribution in [0, 0.1) is 0 Å². The minimum atomic E-state index is 0.279. The van der Waals surface area contributed by atoms with Crippen LogP contribution in [-0.2, 0) is 0 Å². The molecule has 0 radical (unpaired) electrons. The fourth-order valence-electron chi connectivity index (χ4n) is 2.66. The van der Waals surface area contributed by atoms with Gasteiger partial charge in [0.05, 0.1) is 11.7 Å². The average molecular weight is 259 g/mol. The maximum Gasteiger partial charge on any atom is 0.115 e. The minimum absolute atomic E-state index is 0.279. The molecule has 3 nitrogen and oxygen atoms in total. The molecule has 0 fully saturated rings. The van der Waals surface area contributed by atoms with Crippen LogP contribution in [0.1, 0.15) is 63.6 Å². The van der Waals surface area contributed by atoms with Crippen molar-refractivity contribution < 1.29 is 0 Å². The van der Waals surface area contributed by atoms with Gasteiger partial charge < -0.3 is 5.32 Å². The summed E-state index contributed by atoms with van der Waals surface area (Å²) in [5.74, 6) is 0. The third-order valence-electron chi connectivity index (χ3n) is 3.70. The van der Waals surface area contributed by atoms with Gasteiger partial charge in [-0.05, 0) is 44.7 Å². The van der Waals surface area contributed by atoms with E-state index in [1.807, 2.05) is 12.3 Å². The van der Waals surface area contributed by atoms with Gasteiger partial charge >= 0.3 is 0 Å². The standard InChI is InChI=1S/C16H25N3/c1-2-11-18-16(15-10-12-17-13-19-15)14-8-6-4-3-5-7-9-14/h8,10,12-13,16,18H,2-7,9,11H2,1H3/b14-8+. The van der Waals surface area contributed by atoms with E-state index in [4.69, 9.17) is 0 Å². The summed E-state index contributed by atoms with van der Waals surface area (Å²) in [5.41, 5.74) is 2.63. The number of hydrogen-bond donors (Lipinski definition) is 1. The summed E-state index contributed by atoms with van der Waals surface area (Å²) in [4.78, 5) is 8.48. The molecule has 0 aromatic carbocycles. The second kappa shape index (κ2) is 8.05. The van der Waals surface area contributed by atoms with Crippen LogP contribution >= 0.6 is 0 Å². The number of rotatable bonds is 5.